The Bertz CT molecular complexity index is 571. The average Bonchev–Trinajstić information content (AvgIpc) is 2.80. The first-order valence-electron chi connectivity index (χ1n) is 5.71. The van der Waals surface area contributed by atoms with Crippen LogP contribution in [0.5, 0.6) is 0 Å². The van der Waals surface area contributed by atoms with E-state index in [0.29, 0.717) is 5.82 Å². The normalized spacial score (nSPS) is 10.8. The summed E-state index contributed by atoms with van der Waals surface area (Å²) in [5.41, 5.74) is 3.41. The molecule has 1 aromatic heterocycles. The number of H-pyrrole nitrogens is 1. The molecule has 0 saturated heterocycles. The van der Waals surface area contributed by atoms with E-state index in [9.17, 15) is 4.79 Å². The molecule has 4 heteroatoms. The number of nitrogens with one attached hydrogen (secondary N) is 2. The van der Waals surface area contributed by atoms with Crippen LogP contribution in [0.15, 0.2) is 36.5 Å². The number of aromatic amines is 1. The van der Waals surface area contributed by atoms with E-state index in [2.05, 4.69) is 21.6 Å². The lowest BCUT2D eigenvalue weighted by molar-refractivity contribution is -0.111. The van der Waals surface area contributed by atoms with Crippen LogP contribution in [0.1, 0.15) is 16.7 Å². The van der Waals surface area contributed by atoms with Gasteiger partial charge in [-0.05, 0) is 31.1 Å². The Hall–Kier alpha value is -2.36. The van der Waals surface area contributed by atoms with Crippen LogP contribution < -0.4 is 5.32 Å². The van der Waals surface area contributed by atoms with Gasteiger partial charge < -0.3 is 5.32 Å². The molecule has 4 nitrogen and oxygen atoms in total. The van der Waals surface area contributed by atoms with E-state index in [1.807, 2.05) is 26.0 Å². The molecular weight excluding hydrogens is 226 g/mol. The van der Waals surface area contributed by atoms with Gasteiger partial charge in [0.25, 0.3) is 0 Å². The second kappa shape index (κ2) is 5.31. The Balaban J connectivity index is 2.04. The predicted octanol–water partition coefficient (Wildman–Crippen LogP) is 2.68. The van der Waals surface area contributed by atoms with Crippen molar-refractivity contribution in [2.45, 2.75) is 13.8 Å². The van der Waals surface area contributed by atoms with Gasteiger partial charge in [0.1, 0.15) is 5.82 Å². The predicted molar refractivity (Wildman–Crippen MR) is 72.2 cm³/mol. The van der Waals surface area contributed by atoms with E-state index >= 15 is 0 Å². The van der Waals surface area contributed by atoms with Crippen molar-refractivity contribution in [3.8, 4) is 0 Å². The lowest BCUT2D eigenvalue weighted by Crippen LogP contribution is -2.07. The summed E-state index contributed by atoms with van der Waals surface area (Å²) in [5.74, 6) is 0.407. The molecule has 2 rings (SSSR count). The number of rotatable bonds is 3. The van der Waals surface area contributed by atoms with Crippen LogP contribution >= 0.6 is 0 Å². The molecule has 2 N–H and O–H groups in total. The van der Waals surface area contributed by atoms with Gasteiger partial charge in [0.05, 0.1) is 6.20 Å². The van der Waals surface area contributed by atoms with Gasteiger partial charge in [-0.25, -0.2) is 0 Å². The third-order valence-electron chi connectivity index (χ3n) is 2.60. The minimum absolute atomic E-state index is 0.181. The molecule has 0 saturated carbocycles. The summed E-state index contributed by atoms with van der Waals surface area (Å²) in [6, 6.07) is 7.82. The number of aryl methyl sites for hydroxylation is 2. The van der Waals surface area contributed by atoms with Gasteiger partial charge in [-0.2, -0.15) is 5.10 Å². The molecule has 2 aromatic rings. The minimum Gasteiger partial charge on any atom is -0.307 e. The van der Waals surface area contributed by atoms with E-state index in [1.165, 1.54) is 11.6 Å². The Morgan fingerprint density at radius 1 is 1.33 bits per heavy atom. The molecule has 0 fully saturated rings. The third-order valence-corrected chi connectivity index (χ3v) is 2.60. The van der Waals surface area contributed by atoms with Gasteiger partial charge in [0.2, 0.25) is 5.91 Å². The largest absolute Gasteiger partial charge is 0.307 e. The molecule has 0 bridgehead atoms. The fourth-order valence-corrected chi connectivity index (χ4v) is 1.68. The Labute approximate surface area is 106 Å². The Morgan fingerprint density at radius 2 is 2.17 bits per heavy atom. The van der Waals surface area contributed by atoms with Crippen molar-refractivity contribution in [1.29, 1.82) is 0 Å². The second-order valence-electron chi connectivity index (χ2n) is 4.15. The first-order chi connectivity index (χ1) is 8.65. The molecule has 1 amide bonds. The summed E-state index contributed by atoms with van der Waals surface area (Å²) < 4.78 is 0. The standard InChI is InChI=1S/C14H15N3O/c1-10-3-4-12(11(2)9-10)5-6-14(18)16-13-7-8-15-17-13/h3-9H,1-2H3,(H2,15,16,17,18)/b6-5+. The van der Waals surface area contributed by atoms with Crippen LogP contribution in [0.3, 0.4) is 0 Å². The highest BCUT2D eigenvalue weighted by molar-refractivity contribution is 6.01. The first kappa shape index (κ1) is 12.1. The number of benzene rings is 1. The molecule has 18 heavy (non-hydrogen) atoms. The van der Waals surface area contributed by atoms with Crippen molar-refractivity contribution in [1.82, 2.24) is 10.2 Å². The van der Waals surface area contributed by atoms with Gasteiger partial charge in [-0.15, -0.1) is 0 Å². The molecule has 0 radical (unpaired) electrons. The minimum atomic E-state index is -0.181. The molecule has 1 heterocycles. The summed E-state index contributed by atoms with van der Waals surface area (Å²) in [7, 11) is 0. The van der Waals surface area contributed by atoms with Crippen LogP contribution in [-0.2, 0) is 4.79 Å². The summed E-state index contributed by atoms with van der Waals surface area (Å²) in [5, 5.41) is 9.10. The molecule has 0 aliphatic rings. The van der Waals surface area contributed by atoms with Crippen molar-refractivity contribution in [3.05, 3.63) is 53.2 Å². The molecule has 1 aromatic carbocycles. The number of aromatic nitrogens is 2. The monoisotopic (exact) mass is 241 g/mol. The van der Waals surface area contributed by atoms with Crippen LogP contribution in [0.2, 0.25) is 0 Å². The van der Waals surface area contributed by atoms with E-state index in [1.54, 1.807) is 18.3 Å². The van der Waals surface area contributed by atoms with Gasteiger partial charge in [0, 0.05) is 12.1 Å². The molecule has 0 aliphatic carbocycles. The second-order valence-corrected chi connectivity index (χ2v) is 4.15. The fourth-order valence-electron chi connectivity index (χ4n) is 1.68. The number of carbonyl (C=O) groups excluding carboxylic acids is 1. The molecular formula is C14H15N3O. The van der Waals surface area contributed by atoms with Gasteiger partial charge in [0.15, 0.2) is 0 Å². The lowest BCUT2D eigenvalue weighted by atomic mass is 10.1. The molecule has 0 spiro atoms. The van der Waals surface area contributed by atoms with Gasteiger partial charge >= 0.3 is 0 Å². The number of hydrogen-bond acceptors (Lipinski definition) is 2. The first-order valence-corrected chi connectivity index (χ1v) is 5.71. The molecule has 0 unspecified atom stereocenters. The van der Waals surface area contributed by atoms with Crippen LogP contribution in [0, 0.1) is 13.8 Å². The Kier molecular flexibility index (Phi) is 3.57. The molecule has 92 valence electrons. The maximum atomic E-state index is 11.6. The van der Waals surface area contributed by atoms with Crippen LogP contribution in [0.4, 0.5) is 5.82 Å². The third kappa shape index (κ3) is 3.07. The zero-order valence-corrected chi connectivity index (χ0v) is 10.4. The van der Waals surface area contributed by atoms with E-state index in [-0.39, 0.29) is 5.91 Å². The summed E-state index contributed by atoms with van der Waals surface area (Å²) >= 11 is 0. The molecule has 0 atom stereocenters. The lowest BCUT2D eigenvalue weighted by Gasteiger charge is -2.01. The maximum absolute atomic E-state index is 11.6. The fraction of sp³-hybridized carbons (Fsp3) is 0.143. The topological polar surface area (TPSA) is 57.8 Å². The summed E-state index contributed by atoms with van der Waals surface area (Å²) in [6.45, 7) is 4.07. The highest BCUT2D eigenvalue weighted by Crippen LogP contribution is 2.12. The van der Waals surface area contributed by atoms with Gasteiger partial charge in [-0.3, -0.25) is 9.89 Å². The highest BCUT2D eigenvalue weighted by atomic mass is 16.1. The van der Waals surface area contributed by atoms with Crippen molar-refractivity contribution in [2.75, 3.05) is 5.32 Å². The van der Waals surface area contributed by atoms with E-state index < -0.39 is 0 Å². The SMILES string of the molecule is Cc1ccc(/C=C/C(=O)Nc2ccn[nH]2)c(C)c1. The quantitative estimate of drug-likeness (QED) is 0.812. The maximum Gasteiger partial charge on any atom is 0.249 e. The smallest absolute Gasteiger partial charge is 0.249 e. The van der Waals surface area contributed by atoms with Gasteiger partial charge in [-0.1, -0.05) is 23.8 Å². The Morgan fingerprint density at radius 3 is 2.83 bits per heavy atom. The number of anilines is 1. The number of nitrogens with zero attached hydrogens (tertiary/aromatic N) is 1. The number of hydrogen-bond donors (Lipinski definition) is 2. The molecule has 0 aliphatic heterocycles. The van der Waals surface area contributed by atoms with Crippen LogP contribution in [-0.4, -0.2) is 16.1 Å². The van der Waals surface area contributed by atoms with Crippen molar-refractivity contribution in [2.24, 2.45) is 0 Å². The highest BCUT2D eigenvalue weighted by Gasteiger charge is 1.99. The van der Waals surface area contributed by atoms with E-state index in [4.69, 9.17) is 0 Å². The van der Waals surface area contributed by atoms with Crippen LogP contribution in [0.25, 0.3) is 6.08 Å². The summed E-state index contributed by atoms with van der Waals surface area (Å²) in [4.78, 5) is 11.6. The number of carbonyl (C=O) groups is 1. The van der Waals surface area contributed by atoms with Crippen molar-refractivity contribution in [3.63, 3.8) is 0 Å². The number of amides is 1. The summed E-state index contributed by atoms with van der Waals surface area (Å²) in [6.07, 6.45) is 4.91. The van der Waals surface area contributed by atoms with E-state index in [0.717, 1.165) is 11.1 Å². The zero-order valence-electron chi connectivity index (χ0n) is 10.4. The van der Waals surface area contributed by atoms with Crippen molar-refractivity contribution < 1.29 is 4.79 Å². The average molecular weight is 241 g/mol. The zero-order chi connectivity index (χ0) is 13.0. The van der Waals surface area contributed by atoms with Crippen molar-refractivity contribution >= 4 is 17.8 Å².